The monoisotopic (exact) mass is 270 g/mol. The first-order valence-electron chi connectivity index (χ1n) is 6.06. The molecule has 0 heterocycles. The van der Waals surface area contributed by atoms with E-state index in [1.54, 1.807) is 0 Å². The van der Waals surface area contributed by atoms with E-state index in [0.29, 0.717) is 0 Å². The molecular formula is C14H19FO4. The Labute approximate surface area is 111 Å². The van der Waals surface area contributed by atoms with Crippen LogP contribution in [0.3, 0.4) is 0 Å². The van der Waals surface area contributed by atoms with Crippen molar-refractivity contribution in [1.82, 2.24) is 0 Å². The molecule has 106 valence electrons. The third-order valence-corrected chi connectivity index (χ3v) is 2.85. The lowest BCUT2D eigenvalue weighted by Gasteiger charge is -2.30. The number of hydrogen-bond acceptors (Lipinski definition) is 3. The average molecular weight is 270 g/mol. The predicted molar refractivity (Wildman–Crippen MR) is 68.6 cm³/mol. The van der Waals surface area contributed by atoms with Crippen molar-refractivity contribution in [1.29, 1.82) is 0 Å². The highest BCUT2D eigenvalue weighted by Gasteiger charge is 2.36. The Kier molecular flexibility index (Phi) is 4.89. The normalized spacial score (nSPS) is 14.2. The molecule has 1 atom stereocenters. The van der Waals surface area contributed by atoms with Crippen LogP contribution in [0.1, 0.15) is 32.3 Å². The number of carbonyl (C=O) groups is 1. The summed E-state index contributed by atoms with van der Waals surface area (Å²) in [5.74, 6) is -1.35. The van der Waals surface area contributed by atoms with Gasteiger partial charge in [-0.2, -0.15) is 0 Å². The highest BCUT2D eigenvalue weighted by atomic mass is 19.1. The highest BCUT2D eigenvalue weighted by molar-refractivity contribution is 5.69. The van der Waals surface area contributed by atoms with Gasteiger partial charge in [-0.25, -0.2) is 4.39 Å². The van der Waals surface area contributed by atoms with Gasteiger partial charge in [-0.05, 0) is 30.5 Å². The van der Waals surface area contributed by atoms with Gasteiger partial charge in [-0.15, -0.1) is 0 Å². The summed E-state index contributed by atoms with van der Waals surface area (Å²) < 4.78 is 18.5. The number of hydrogen-bond donors (Lipinski definition) is 2. The molecule has 0 aromatic heterocycles. The Morgan fingerprint density at radius 2 is 2.11 bits per heavy atom. The molecule has 0 spiro atoms. The number of carboxylic acid groups (broad SMARTS) is 1. The van der Waals surface area contributed by atoms with Crippen LogP contribution < -0.4 is 4.74 Å². The second kappa shape index (κ2) is 6.02. The second-order valence-corrected chi connectivity index (χ2v) is 5.04. The number of benzene rings is 1. The Morgan fingerprint density at radius 1 is 1.47 bits per heavy atom. The molecule has 5 heteroatoms. The Bertz CT molecular complexity index is 459. The molecule has 0 saturated heterocycles. The van der Waals surface area contributed by atoms with Crippen LogP contribution in [0.25, 0.3) is 0 Å². The first kappa shape index (κ1) is 15.4. The molecule has 0 fully saturated rings. The van der Waals surface area contributed by atoms with Gasteiger partial charge >= 0.3 is 5.97 Å². The zero-order chi connectivity index (χ0) is 14.6. The van der Waals surface area contributed by atoms with E-state index >= 15 is 0 Å². The summed E-state index contributed by atoms with van der Waals surface area (Å²) >= 11 is 0. The van der Waals surface area contributed by atoms with Gasteiger partial charge in [0.15, 0.2) is 0 Å². The van der Waals surface area contributed by atoms with E-state index in [4.69, 9.17) is 9.84 Å². The van der Waals surface area contributed by atoms with E-state index in [9.17, 15) is 14.3 Å². The minimum atomic E-state index is -1.65. The van der Waals surface area contributed by atoms with E-state index in [-0.39, 0.29) is 23.7 Å². The van der Waals surface area contributed by atoms with Crippen molar-refractivity contribution in [2.24, 2.45) is 5.92 Å². The first-order valence-corrected chi connectivity index (χ1v) is 6.06. The van der Waals surface area contributed by atoms with Gasteiger partial charge in [0.1, 0.15) is 17.2 Å². The van der Waals surface area contributed by atoms with Crippen molar-refractivity contribution in [3.8, 4) is 5.75 Å². The molecule has 0 saturated carbocycles. The molecule has 0 bridgehead atoms. The number of halogens is 1. The number of aliphatic hydroxyl groups is 1. The summed E-state index contributed by atoms with van der Waals surface area (Å²) in [5.41, 5.74) is -1.47. The number of aliphatic carboxylic acids is 1. The molecule has 19 heavy (non-hydrogen) atoms. The van der Waals surface area contributed by atoms with Crippen molar-refractivity contribution in [3.63, 3.8) is 0 Å². The number of ether oxygens (including phenoxy) is 1. The third kappa shape index (κ3) is 3.92. The van der Waals surface area contributed by atoms with E-state index in [1.807, 2.05) is 13.8 Å². The van der Waals surface area contributed by atoms with E-state index in [1.165, 1.54) is 19.2 Å². The maximum Gasteiger partial charge on any atom is 0.306 e. The molecule has 1 aromatic rings. The summed E-state index contributed by atoms with van der Waals surface area (Å²) in [6.07, 6.45) is -0.288. The van der Waals surface area contributed by atoms with Gasteiger partial charge in [0.25, 0.3) is 0 Å². The van der Waals surface area contributed by atoms with Crippen LogP contribution in [0.4, 0.5) is 4.39 Å². The van der Waals surface area contributed by atoms with Gasteiger partial charge in [0.2, 0.25) is 0 Å². The zero-order valence-corrected chi connectivity index (χ0v) is 11.3. The second-order valence-electron chi connectivity index (χ2n) is 5.04. The fraction of sp³-hybridized carbons (Fsp3) is 0.500. The Balaban J connectivity index is 3.30. The molecular weight excluding hydrogens is 251 g/mol. The quantitative estimate of drug-likeness (QED) is 0.833. The fourth-order valence-electron chi connectivity index (χ4n) is 2.25. The van der Waals surface area contributed by atoms with Crippen LogP contribution in [-0.4, -0.2) is 23.3 Å². The summed E-state index contributed by atoms with van der Waals surface area (Å²) in [6, 6.07) is 3.72. The van der Waals surface area contributed by atoms with Crippen LogP contribution in [0, 0.1) is 11.7 Å². The molecule has 4 nitrogen and oxygen atoms in total. The lowest BCUT2D eigenvalue weighted by atomic mass is 9.82. The van der Waals surface area contributed by atoms with Gasteiger partial charge < -0.3 is 14.9 Å². The molecule has 0 aliphatic rings. The van der Waals surface area contributed by atoms with Crippen molar-refractivity contribution in [3.05, 3.63) is 29.6 Å². The number of rotatable bonds is 6. The van der Waals surface area contributed by atoms with E-state index in [0.717, 1.165) is 6.07 Å². The fourth-order valence-corrected chi connectivity index (χ4v) is 2.25. The lowest BCUT2D eigenvalue weighted by molar-refractivity contribution is -0.143. The Morgan fingerprint density at radius 3 is 2.58 bits per heavy atom. The van der Waals surface area contributed by atoms with Crippen molar-refractivity contribution < 1.29 is 24.1 Å². The molecule has 0 radical (unpaired) electrons. The van der Waals surface area contributed by atoms with Gasteiger partial charge in [-0.3, -0.25) is 4.79 Å². The highest BCUT2D eigenvalue weighted by Crippen LogP contribution is 2.38. The summed E-state index contributed by atoms with van der Waals surface area (Å²) in [5, 5.41) is 19.6. The Hall–Kier alpha value is -1.62. The molecule has 1 unspecified atom stereocenters. The van der Waals surface area contributed by atoms with Crippen molar-refractivity contribution >= 4 is 5.97 Å². The minimum Gasteiger partial charge on any atom is -0.496 e. The average Bonchev–Trinajstić information content (AvgIpc) is 2.26. The van der Waals surface area contributed by atoms with Crippen LogP contribution in [-0.2, 0) is 10.4 Å². The van der Waals surface area contributed by atoms with Gasteiger partial charge in [0, 0.05) is 5.56 Å². The minimum absolute atomic E-state index is 0.0531. The smallest absolute Gasteiger partial charge is 0.306 e. The number of carboxylic acids is 1. The van der Waals surface area contributed by atoms with Crippen molar-refractivity contribution in [2.45, 2.75) is 32.3 Å². The third-order valence-electron chi connectivity index (χ3n) is 2.85. The summed E-state index contributed by atoms with van der Waals surface area (Å²) in [6.45, 7) is 3.72. The van der Waals surface area contributed by atoms with E-state index in [2.05, 4.69) is 0 Å². The van der Waals surface area contributed by atoms with Gasteiger partial charge in [-0.1, -0.05) is 13.8 Å². The standard InChI is InChI=1S/C14H19FO4/c1-9(2)7-14(18,8-13(16)17)11-6-10(15)4-5-12(11)19-3/h4-6,9,18H,7-8H2,1-3H3,(H,16,17). The summed E-state index contributed by atoms with van der Waals surface area (Å²) in [7, 11) is 1.40. The van der Waals surface area contributed by atoms with Crippen molar-refractivity contribution in [2.75, 3.05) is 7.11 Å². The molecule has 0 aliphatic carbocycles. The zero-order valence-electron chi connectivity index (χ0n) is 11.3. The number of methoxy groups -OCH3 is 1. The molecule has 0 aliphatic heterocycles. The summed E-state index contributed by atoms with van der Waals surface area (Å²) in [4.78, 5) is 11.0. The van der Waals surface area contributed by atoms with Gasteiger partial charge in [0.05, 0.1) is 13.5 Å². The topological polar surface area (TPSA) is 66.8 Å². The van der Waals surface area contributed by atoms with Crippen LogP contribution in [0.2, 0.25) is 0 Å². The lowest BCUT2D eigenvalue weighted by Crippen LogP contribution is -2.31. The maximum absolute atomic E-state index is 13.4. The largest absolute Gasteiger partial charge is 0.496 e. The molecule has 1 rings (SSSR count). The van der Waals surface area contributed by atoms with Crippen LogP contribution in [0.15, 0.2) is 18.2 Å². The SMILES string of the molecule is COc1ccc(F)cc1C(O)(CC(=O)O)CC(C)C. The van der Waals surface area contributed by atoms with E-state index < -0.39 is 23.8 Å². The molecule has 1 aromatic carbocycles. The van der Waals surface area contributed by atoms with Crippen LogP contribution >= 0.6 is 0 Å². The first-order chi connectivity index (χ1) is 8.78. The maximum atomic E-state index is 13.4. The predicted octanol–water partition coefficient (Wildman–Crippen LogP) is 2.54. The molecule has 2 N–H and O–H groups in total. The van der Waals surface area contributed by atoms with Crippen LogP contribution in [0.5, 0.6) is 5.75 Å². The molecule has 0 amide bonds.